The van der Waals surface area contributed by atoms with E-state index in [1.165, 1.54) is 18.7 Å². The van der Waals surface area contributed by atoms with E-state index in [1.807, 2.05) is 0 Å². The minimum atomic E-state index is -0.500. The standard InChI is InChI=1S/C9H14N4O/c1-9(2,10)3-8(14)13-7-4-11-6-12-5-7/h4-6H,3,10H2,1-2H3,(H,13,14). The van der Waals surface area contributed by atoms with E-state index in [9.17, 15) is 4.79 Å². The molecule has 0 aromatic carbocycles. The Bertz CT molecular complexity index is 304. The number of nitrogens with zero attached hydrogens (tertiary/aromatic N) is 2. The van der Waals surface area contributed by atoms with Crippen LogP contribution >= 0.6 is 0 Å². The van der Waals surface area contributed by atoms with Crippen molar-refractivity contribution in [2.75, 3.05) is 5.32 Å². The number of carbonyl (C=O) groups is 1. The highest BCUT2D eigenvalue weighted by Gasteiger charge is 2.16. The summed E-state index contributed by atoms with van der Waals surface area (Å²) in [5, 5.41) is 2.65. The predicted octanol–water partition coefficient (Wildman–Crippen LogP) is 0.542. The normalized spacial score (nSPS) is 11.1. The first kappa shape index (κ1) is 10.6. The van der Waals surface area contributed by atoms with Crippen LogP contribution in [0.3, 0.4) is 0 Å². The summed E-state index contributed by atoms with van der Waals surface area (Å²) >= 11 is 0. The molecule has 14 heavy (non-hydrogen) atoms. The van der Waals surface area contributed by atoms with Gasteiger partial charge >= 0.3 is 0 Å². The first-order valence-corrected chi connectivity index (χ1v) is 4.31. The van der Waals surface area contributed by atoms with Crippen LogP contribution in [0.1, 0.15) is 20.3 Å². The molecule has 0 bridgehead atoms. The average molecular weight is 194 g/mol. The minimum Gasteiger partial charge on any atom is -0.325 e. The molecule has 0 fully saturated rings. The van der Waals surface area contributed by atoms with Gasteiger partial charge in [0.25, 0.3) is 0 Å². The van der Waals surface area contributed by atoms with Crippen LogP contribution in [0.15, 0.2) is 18.7 Å². The second-order valence-corrected chi connectivity index (χ2v) is 3.84. The Kier molecular flexibility index (Phi) is 3.14. The Labute approximate surface area is 82.7 Å². The number of hydrogen-bond donors (Lipinski definition) is 2. The molecule has 0 unspecified atom stereocenters. The molecule has 0 aliphatic heterocycles. The quantitative estimate of drug-likeness (QED) is 0.736. The van der Waals surface area contributed by atoms with E-state index in [0.717, 1.165) is 0 Å². The average Bonchev–Trinajstić information content (AvgIpc) is 2.02. The Morgan fingerprint density at radius 1 is 1.50 bits per heavy atom. The highest BCUT2D eigenvalue weighted by atomic mass is 16.1. The zero-order valence-electron chi connectivity index (χ0n) is 8.32. The number of rotatable bonds is 3. The molecule has 0 radical (unpaired) electrons. The van der Waals surface area contributed by atoms with Crippen LogP contribution in [-0.4, -0.2) is 21.4 Å². The lowest BCUT2D eigenvalue weighted by molar-refractivity contribution is -0.117. The first-order chi connectivity index (χ1) is 6.47. The van der Waals surface area contributed by atoms with Gasteiger partial charge < -0.3 is 11.1 Å². The lowest BCUT2D eigenvalue weighted by Crippen LogP contribution is -2.36. The summed E-state index contributed by atoms with van der Waals surface area (Å²) in [7, 11) is 0. The van der Waals surface area contributed by atoms with E-state index < -0.39 is 5.54 Å². The molecule has 1 heterocycles. The summed E-state index contributed by atoms with van der Waals surface area (Å²) in [5.41, 5.74) is 5.78. The third-order valence-corrected chi connectivity index (χ3v) is 1.46. The molecule has 76 valence electrons. The maximum absolute atomic E-state index is 11.4. The number of amides is 1. The fourth-order valence-corrected chi connectivity index (χ4v) is 0.983. The van der Waals surface area contributed by atoms with Crippen LogP contribution in [0.5, 0.6) is 0 Å². The number of nitrogens with two attached hydrogens (primary N) is 1. The molecule has 5 heteroatoms. The summed E-state index contributed by atoms with van der Waals surface area (Å²) in [6.07, 6.45) is 4.74. The van der Waals surface area contributed by atoms with Crippen molar-refractivity contribution in [1.82, 2.24) is 9.97 Å². The molecule has 1 aromatic heterocycles. The smallest absolute Gasteiger partial charge is 0.226 e. The van der Waals surface area contributed by atoms with Gasteiger partial charge in [-0.3, -0.25) is 4.79 Å². The summed E-state index contributed by atoms with van der Waals surface area (Å²) in [6, 6.07) is 0. The molecular formula is C9H14N4O. The van der Waals surface area contributed by atoms with Crippen molar-refractivity contribution in [1.29, 1.82) is 0 Å². The zero-order chi connectivity index (χ0) is 10.6. The number of hydrogen-bond acceptors (Lipinski definition) is 4. The van der Waals surface area contributed by atoms with Gasteiger partial charge in [-0.15, -0.1) is 0 Å². The zero-order valence-corrected chi connectivity index (χ0v) is 8.32. The number of carbonyl (C=O) groups excluding carboxylic acids is 1. The van der Waals surface area contributed by atoms with Crippen molar-refractivity contribution in [3.8, 4) is 0 Å². The van der Waals surface area contributed by atoms with Gasteiger partial charge in [0.1, 0.15) is 6.33 Å². The molecule has 0 aliphatic rings. The van der Waals surface area contributed by atoms with Gasteiger partial charge in [-0.1, -0.05) is 0 Å². The van der Waals surface area contributed by atoms with Crippen LogP contribution in [-0.2, 0) is 4.79 Å². The predicted molar refractivity (Wildman–Crippen MR) is 53.5 cm³/mol. The van der Waals surface area contributed by atoms with Crippen LogP contribution in [0, 0.1) is 0 Å². The molecule has 3 N–H and O–H groups in total. The van der Waals surface area contributed by atoms with Gasteiger partial charge in [0, 0.05) is 12.0 Å². The molecule has 0 spiro atoms. The minimum absolute atomic E-state index is 0.132. The van der Waals surface area contributed by atoms with Gasteiger partial charge in [0.15, 0.2) is 0 Å². The van der Waals surface area contributed by atoms with Crippen molar-refractivity contribution in [2.45, 2.75) is 25.8 Å². The summed E-state index contributed by atoms with van der Waals surface area (Å²) < 4.78 is 0. The van der Waals surface area contributed by atoms with Crippen LogP contribution in [0.25, 0.3) is 0 Å². The van der Waals surface area contributed by atoms with E-state index in [2.05, 4.69) is 15.3 Å². The molecule has 5 nitrogen and oxygen atoms in total. The monoisotopic (exact) mass is 194 g/mol. The molecule has 1 aromatic rings. The van der Waals surface area contributed by atoms with E-state index in [-0.39, 0.29) is 12.3 Å². The summed E-state index contributed by atoms with van der Waals surface area (Å²) in [4.78, 5) is 18.9. The largest absolute Gasteiger partial charge is 0.325 e. The molecule has 0 saturated heterocycles. The van der Waals surface area contributed by atoms with Crippen molar-refractivity contribution in [2.24, 2.45) is 5.73 Å². The topological polar surface area (TPSA) is 80.9 Å². The van der Waals surface area contributed by atoms with Gasteiger partial charge in [0.2, 0.25) is 5.91 Å². The summed E-state index contributed by atoms with van der Waals surface area (Å²) in [5.74, 6) is -0.132. The van der Waals surface area contributed by atoms with Crippen molar-refractivity contribution in [3.05, 3.63) is 18.7 Å². The maximum atomic E-state index is 11.4. The number of anilines is 1. The van der Waals surface area contributed by atoms with Crippen molar-refractivity contribution in [3.63, 3.8) is 0 Å². The number of nitrogens with one attached hydrogen (secondary N) is 1. The van der Waals surface area contributed by atoms with E-state index in [4.69, 9.17) is 5.73 Å². The molecule has 0 aliphatic carbocycles. The fourth-order valence-electron chi connectivity index (χ4n) is 0.983. The Balaban J connectivity index is 2.50. The van der Waals surface area contributed by atoms with Gasteiger partial charge in [0.05, 0.1) is 18.1 Å². The Morgan fingerprint density at radius 2 is 2.07 bits per heavy atom. The van der Waals surface area contributed by atoms with E-state index in [1.54, 1.807) is 13.8 Å². The molecule has 0 atom stereocenters. The van der Waals surface area contributed by atoms with Gasteiger partial charge in [-0.05, 0) is 13.8 Å². The van der Waals surface area contributed by atoms with E-state index >= 15 is 0 Å². The van der Waals surface area contributed by atoms with Crippen molar-refractivity contribution >= 4 is 11.6 Å². The maximum Gasteiger partial charge on any atom is 0.226 e. The van der Waals surface area contributed by atoms with Crippen molar-refractivity contribution < 1.29 is 4.79 Å². The van der Waals surface area contributed by atoms with Gasteiger partial charge in [-0.2, -0.15) is 0 Å². The SMILES string of the molecule is CC(C)(N)CC(=O)Nc1cncnc1. The van der Waals surface area contributed by atoms with Crippen LogP contribution < -0.4 is 11.1 Å². The Hall–Kier alpha value is -1.49. The van der Waals surface area contributed by atoms with E-state index in [0.29, 0.717) is 5.69 Å². The first-order valence-electron chi connectivity index (χ1n) is 4.31. The Morgan fingerprint density at radius 3 is 2.57 bits per heavy atom. The molecular weight excluding hydrogens is 180 g/mol. The third-order valence-electron chi connectivity index (χ3n) is 1.46. The van der Waals surface area contributed by atoms with Crippen LogP contribution in [0.4, 0.5) is 5.69 Å². The lowest BCUT2D eigenvalue weighted by atomic mass is 10.0. The number of aromatic nitrogens is 2. The highest BCUT2D eigenvalue weighted by molar-refractivity contribution is 5.91. The third kappa shape index (κ3) is 3.95. The molecule has 1 amide bonds. The van der Waals surface area contributed by atoms with Gasteiger partial charge in [-0.25, -0.2) is 9.97 Å². The highest BCUT2D eigenvalue weighted by Crippen LogP contribution is 2.07. The molecule has 1 rings (SSSR count). The second kappa shape index (κ2) is 4.15. The fraction of sp³-hybridized carbons (Fsp3) is 0.444. The molecule has 0 saturated carbocycles. The van der Waals surface area contributed by atoms with Crippen LogP contribution in [0.2, 0.25) is 0 Å². The summed E-state index contributed by atoms with van der Waals surface area (Å²) in [6.45, 7) is 3.60. The lowest BCUT2D eigenvalue weighted by Gasteiger charge is -2.17. The second-order valence-electron chi connectivity index (χ2n) is 3.84.